The lowest BCUT2D eigenvalue weighted by molar-refractivity contribution is 0.421. The van der Waals surface area contributed by atoms with Crippen LogP contribution in [0.2, 0.25) is 0 Å². The first-order valence-corrected chi connectivity index (χ1v) is 11.2. The van der Waals surface area contributed by atoms with Crippen molar-refractivity contribution in [2.45, 2.75) is 6.54 Å². The summed E-state index contributed by atoms with van der Waals surface area (Å²) in [4.78, 5) is 10.7. The van der Waals surface area contributed by atoms with Gasteiger partial charge in [0, 0.05) is 23.2 Å². The molecule has 0 radical (unpaired) electrons. The summed E-state index contributed by atoms with van der Waals surface area (Å²) in [5.41, 5.74) is 5.31. The number of allylic oxidation sites excluding steroid dienone is 2. The van der Waals surface area contributed by atoms with Crippen LogP contribution < -0.4 is 4.80 Å². The zero-order valence-electron chi connectivity index (χ0n) is 17.6. The Kier molecular flexibility index (Phi) is 5.59. The molecule has 0 saturated heterocycles. The first-order valence-electron chi connectivity index (χ1n) is 10.4. The van der Waals surface area contributed by atoms with Crippen LogP contribution in [0.1, 0.15) is 16.0 Å². The maximum atomic E-state index is 13.3. The van der Waals surface area contributed by atoms with Gasteiger partial charge in [0.05, 0.1) is 22.0 Å². The van der Waals surface area contributed by atoms with Crippen molar-refractivity contribution >= 4 is 40.1 Å². The molecule has 1 N–H and O–H groups in total. The lowest BCUT2D eigenvalue weighted by Gasteiger charge is -2.06. The second-order valence-electron chi connectivity index (χ2n) is 7.46. The highest BCUT2D eigenvalue weighted by atomic mass is 32.1. The lowest BCUT2D eigenvalue weighted by atomic mass is 9.97. The lowest BCUT2D eigenvalue weighted by Crippen LogP contribution is -2.12. The largest absolute Gasteiger partial charge is 0.493 e. The first-order chi connectivity index (χ1) is 16.1. The van der Waals surface area contributed by atoms with E-state index in [-0.39, 0.29) is 11.7 Å². The molecule has 0 amide bonds. The number of rotatable bonds is 5. The fourth-order valence-electron chi connectivity index (χ4n) is 3.72. The van der Waals surface area contributed by atoms with Gasteiger partial charge in [0.1, 0.15) is 5.82 Å². The molecule has 0 aliphatic carbocycles. The maximum Gasteiger partial charge on any atom is 0.211 e. The van der Waals surface area contributed by atoms with Crippen molar-refractivity contribution < 1.29 is 9.50 Å². The fraction of sp³-hybridized carbons (Fsp3) is 0.0370. The molecule has 0 fully saturated rings. The van der Waals surface area contributed by atoms with Gasteiger partial charge in [-0.05, 0) is 36.4 Å². The van der Waals surface area contributed by atoms with E-state index >= 15 is 0 Å². The van der Waals surface area contributed by atoms with Crippen molar-refractivity contribution in [1.82, 2.24) is 4.57 Å². The average Bonchev–Trinajstić information content (AvgIpc) is 3.35. The minimum absolute atomic E-state index is 0.102. The number of aliphatic imine (C=N–C) groups is 1. The summed E-state index contributed by atoms with van der Waals surface area (Å²) >= 11 is 1.36. The van der Waals surface area contributed by atoms with E-state index in [0.717, 1.165) is 28.1 Å². The summed E-state index contributed by atoms with van der Waals surface area (Å²) in [6, 6.07) is 23.9. The highest BCUT2D eigenvalue weighted by Gasteiger charge is 2.23. The molecule has 1 aliphatic rings. The van der Waals surface area contributed by atoms with Crippen LogP contribution in [0.4, 0.5) is 15.8 Å². The zero-order valence-corrected chi connectivity index (χ0v) is 18.5. The van der Waals surface area contributed by atoms with E-state index in [4.69, 9.17) is 4.99 Å². The third-order valence-electron chi connectivity index (χ3n) is 5.28. The van der Waals surface area contributed by atoms with E-state index in [1.807, 2.05) is 60.7 Å². The van der Waals surface area contributed by atoms with Crippen molar-refractivity contribution in [1.29, 1.82) is 0 Å². The SMILES string of the molecule is C=CCn1c(O)c(/C=C2\C(c3ccccc3)=Nc3ccccc32)sc1=Nc1ccc(F)cc1. The quantitative estimate of drug-likeness (QED) is 0.345. The number of nitrogens with zero attached hydrogens (tertiary/aromatic N) is 3. The number of hydrogen-bond acceptors (Lipinski definition) is 4. The Bertz CT molecular complexity index is 1460. The summed E-state index contributed by atoms with van der Waals surface area (Å²) in [5.74, 6) is -0.218. The first kappa shape index (κ1) is 20.8. The smallest absolute Gasteiger partial charge is 0.211 e. The number of benzene rings is 3. The van der Waals surface area contributed by atoms with E-state index in [2.05, 4.69) is 11.6 Å². The molecule has 0 unspecified atom stereocenters. The van der Waals surface area contributed by atoms with Crippen molar-refractivity contribution in [3.63, 3.8) is 0 Å². The van der Waals surface area contributed by atoms with E-state index in [9.17, 15) is 9.50 Å². The number of hydrogen-bond donors (Lipinski definition) is 1. The maximum absolute atomic E-state index is 13.3. The van der Waals surface area contributed by atoms with Gasteiger partial charge in [-0.2, -0.15) is 0 Å². The van der Waals surface area contributed by atoms with Crippen molar-refractivity contribution in [3.05, 3.63) is 118 Å². The Labute approximate surface area is 194 Å². The number of thiazole rings is 1. The van der Waals surface area contributed by atoms with Crippen LogP contribution >= 0.6 is 11.3 Å². The Hall–Kier alpha value is -4.03. The highest BCUT2D eigenvalue weighted by molar-refractivity contribution is 7.10. The normalized spacial score (nSPS) is 14.4. The molecular weight excluding hydrogens is 433 g/mol. The highest BCUT2D eigenvalue weighted by Crippen LogP contribution is 2.39. The molecule has 1 aliphatic heterocycles. The Morgan fingerprint density at radius 1 is 1.00 bits per heavy atom. The molecule has 4 aromatic rings. The van der Waals surface area contributed by atoms with Gasteiger partial charge in [-0.1, -0.05) is 65.9 Å². The van der Waals surface area contributed by atoms with Crippen molar-refractivity contribution in [3.8, 4) is 5.88 Å². The molecule has 0 bridgehead atoms. The second kappa shape index (κ2) is 8.84. The van der Waals surface area contributed by atoms with E-state index in [1.54, 1.807) is 22.8 Å². The van der Waals surface area contributed by atoms with Crippen LogP contribution in [0.25, 0.3) is 11.6 Å². The summed E-state index contributed by atoms with van der Waals surface area (Å²) in [6.45, 7) is 4.19. The van der Waals surface area contributed by atoms with Crippen LogP contribution in [0.5, 0.6) is 5.88 Å². The van der Waals surface area contributed by atoms with Crippen LogP contribution in [-0.2, 0) is 6.54 Å². The van der Waals surface area contributed by atoms with E-state index in [0.29, 0.717) is 21.9 Å². The third kappa shape index (κ3) is 4.08. The minimum Gasteiger partial charge on any atom is -0.493 e. The Morgan fingerprint density at radius 3 is 2.48 bits per heavy atom. The van der Waals surface area contributed by atoms with Crippen LogP contribution in [-0.4, -0.2) is 15.4 Å². The fourth-order valence-corrected chi connectivity index (χ4v) is 4.72. The van der Waals surface area contributed by atoms with Crippen molar-refractivity contribution in [2.24, 2.45) is 9.98 Å². The standard InChI is InChI=1S/C27H20FN3OS/c1-2-16-31-26(32)24(33-27(31)29-20-14-12-19(28)13-15-20)17-22-21-10-6-7-11-23(21)30-25(22)18-8-4-3-5-9-18/h2-15,17,32H,1,16H2/b22-17-,29-27?. The topological polar surface area (TPSA) is 49.9 Å². The summed E-state index contributed by atoms with van der Waals surface area (Å²) < 4.78 is 15.0. The average molecular weight is 454 g/mol. The molecule has 33 heavy (non-hydrogen) atoms. The predicted octanol–water partition coefficient (Wildman–Crippen LogP) is 6.49. The molecule has 0 saturated carbocycles. The molecule has 0 spiro atoms. The molecule has 1 aromatic heterocycles. The molecule has 6 heteroatoms. The summed E-state index contributed by atoms with van der Waals surface area (Å²) in [6.07, 6.45) is 3.66. The molecule has 162 valence electrons. The number of halogens is 1. The number of aromatic hydroxyl groups is 1. The van der Waals surface area contributed by atoms with Gasteiger partial charge < -0.3 is 5.11 Å². The third-order valence-corrected chi connectivity index (χ3v) is 6.29. The molecule has 3 aromatic carbocycles. The molecule has 2 heterocycles. The molecule has 0 atom stereocenters. The van der Waals surface area contributed by atoms with Gasteiger partial charge >= 0.3 is 0 Å². The van der Waals surface area contributed by atoms with Gasteiger partial charge in [0.15, 0.2) is 4.80 Å². The van der Waals surface area contributed by atoms with Crippen molar-refractivity contribution in [2.75, 3.05) is 0 Å². The van der Waals surface area contributed by atoms with E-state index in [1.165, 1.54) is 23.5 Å². The van der Waals surface area contributed by atoms with Crippen LogP contribution in [0.3, 0.4) is 0 Å². The number of aromatic nitrogens is 1. The monoisotopic (exact) mass is 453 g/mol. The van der Waals surface area contributed by atoms with Gasteiger partial charge in [0.2, 0.25) is 5.88 Å². The summed E-state index contributed by atoms with van der Waals surface area (Å²) in [7, 11) is 0. The van der Waals surface area contributed by atoms with Crippen LogP contribution in [0, 0.1) is 5.82 Å². The van der Waals surface area contributed by atoms with Gasteiger partial charge in [-0.3, -0.25) is 4.57 Å². The molecular formula is C27H20FN3OS. The number of fused-ring (bicyclic) bond motifs is 1. The molecule has 5 rings (SSSR count). The van der Waals surface area contributed by atoms with Gasteiger partial charge in [0.25, 0.3) is 0 Å². The van der Waals surface area contributed by atoms with E-state index < -0.39 is 0 Å². The molecule has 4 nitrogen and oxygen atoms in total. The van der Waals surface area contributed by atoms with Gasteiger partial charge in [-0.15, -0.1) is 6.58 Å². The Balaban J connectivity index is 1.67. The summed E-state index contributed by atoms with van der Waals surface area (Å²) in [5, 5.41) is 11.0. The van der Waals surface area contributed by atoms with Crippen LogP contribution in [0.15, 0.2) is 102 Å². The zero-order chi connectivity index (χ0) is 22.8. The predicted molar refractivity (Wildman–Crippen MR) is 133 cm³/mol. The van der Waals surface area contributed by atoms with Gasteiger partial charge in [-0.25, -0.2) is 14.4 Å². The second-order valence-corrected chi connectivity index (χ2v) is 8.47. The minimum atomic E-state index is -0.319. The number of para-hydroxylation sites is 1. The Morgan fingerprint density at radius 2 is 1.73 bits per heavy atom.